The van der Waals surface area contributed by atoms with Gasteiger partial charge < -0.3 is 18.8 Å². The van der Waals surface area contributed by atoms with Gasteiger partial charge in [0.15, 0.2) is 11.5 Å². The molecule has 0 radical (unpaired) electrons. The summed E-state index contributed by atoms with van der Waals surface area (Å²) in [5, 5.41) is 0. The van der Waals surface area contributed by atoms with E-state index >= 15 is 0 Å². The van der Waals surface area contributed by atoms with Crippen LogP contribution in [0.25, 0.3) is 0 Å². The maximum atomic E-state index is 11.7. The predicted octanol–water partition coefficient (Wildman–Crippen LogP) is 1.70. The van der Waals surface area contributed by atoms with Gasteiger partial charge in [-0.05, 0) is 37.3 Å². The van der Waals surface area contributed by atoms with Crippen molar-refractivity contribution in [3.63, 3.8) is 0 Å². The number of hydrogen-bond acceptors (Lipinski definition) is 6. The van der Waals surface area contributed by atoms with Crippen molar-refractivity contribution >= 4 is 10.1 Å². The second-order valence-corrected chi connectivity index (χ2v) is 8.25. The molecule has 0 aliphatic carbocycles. The van der Waals surface area contributed by atoms with E-state index in [-0.39, 0.29) is 34.5 Å². The molecule has 0 N–H and O–H groups in total. The zero-order chi connectivity index (χ0) is 20.8. The molecule has 0 aliphatic heterocycles. The summed E-state index contributed by atoms with van der Waals surface area (Å²) in [5.74, 6) is 0.748. The van der Waals surface area contributed by atoms with Crippen LogP contribution in [-0.2, 0) is 21.3 Å². The Morgan fingerprint density at radius 1 is 0.862 bits per heavy atom. The molecule has 0 amide bonds. The van der Waals surface area contributed by atoms with Crippen LogP contribution in [0.4, 0.5) is 0 Å². The minimum atomic E-state index is -4.60. The van der Waals surface area contributed by atoms with Crippen LogP contribution in [0.3, 0.4) is 0 Å². The van der Waals surface area contributed by atoms with E-state index in [1.165, 1.54) is 26.0 Å². The van der Waals surface area contributed by atoms with Crippen LogP contribution in [0.15, 0.2) is 17.0 Å². The Labute approximate surface area is 198 Å². The van der Waals surface area contributed by atoms with Crippen LogP contribution in [0.5, 0.6) is 11.5 Å². The first-order chi connectivity index (χ1) is 13.4. The minimum absolute atomic E-state index is 0. The van der Waals surface area contributed by atoms with Crippen LogP contribution in [0.2, 0.25) is 0 Å². The van der Waals surface area contributed by atoms with Crippen LogP contribution in [0, 0.1) is 0 Å². The maximum Gasteiger partial charge on any atom is 1.00 e. The first kappa shape index (κ1) is 28.7. The van der Waals surface area contributed by atoms with E-state index < -0.39 is 10.1 Å². The van der Waals surface area contributed by atoms with Gasteiger partial charge >= 0.3 is 29.6 Å². The zero-order valence-electron chi connectivity index (χ0n) is 18.5. The van der Waals surface area contributed by atoms with Crippen molar-refractivity contribution in [3.8, 4) is 11.5 Å². The SMILES string of the molecule is CCCCCCCOc1cc(S(=O)(=O)[O-])c(CCCOCCCC)cc1OC.[Na+]. The smallest absolute Gasteiger partial charge is 0.744 e. The first-order valence-corrected chi connectivity index (χ1v) is 11.7. The number of hydrogen-bond donors (Lipinski definition) is 0. The molecule has 1 aromatic carbocycles. The Kier molecular flexibility index (Phi) is 16.2. The third kappa shape index (κ3) is 11.6. The van der Waals surface area contributed by atoms with Crippen molar-refractivity contribution in [2.45, 2.75) is 76.5 Å². The molecule has 0 saturated heterocycles. The van der Waals surface area contributed by atoms with Crippen molar-refractivity contribution in [2.24, 2.45) is 0 Å². The number of benzene rings is 1. The largest absolute Gasteiger partial charge is 1.00 e. The van der Waals surface area contributed by atoms with Gasteiger partial charge in [-0.15, -0.1) is 0 Å². The van der Waals surface area contributed by atoms with Crippen molar-refractivity contribution in [1.82, 2.24) is 0 Å². The second-order valence-electron chi connectivity index (χ2n) is 6.90. The molecule has 1 rings (SSSR count). The fraction of sp³-hybridized carbons (Fsp3) is 0.714. The Morgan fingerprint density at radius 3 is 2.14 bits per heavy atom. The van der Waals surface area contributed by atoms with E-state index in [0.29, 0.717) is 49.7 Å². The molecule has 1 aromatic rings. The van der Waals surface area contributed by atoms with E-state index in [2.05, 4.69) is 13.8 Å². The molecular formula is C21H35NaO6S. The van der Waals surface area contributed by atoms with Crippen LogP contribution >= 0.6 is 0 Å². The Bertz CT molecular complexity index is 663. The predicted molar refractivity (Wildman–Crippen MR) is 109 cm³/mol. The summed E-state index contributed by atoms with van der Waals surface area (Å²) in [4.78, 5) is -0.233. The van der Waals surface area contributed by atoms with Gasteiger partial charge in [-0.1, -0.05) is 46.0 Å². The van der Waals surface area contributed by atoms with Crippen LogP contribution in [-0.4, -0.2) is 39.9 Å². The number of aryl methyl sites for hydroxylation is 1. The van der Waals surface area contributed by atoms with E-state index in [4.69, 9.17) is 14.2 Å². The normalized spacial score (nSPS) is 11.2. The van der Waals surface area contributed by atoms with Gasteiger partial charge in [-0.25, -0.2) is 8.42 Å². The average molecular weight is 439 g/mol. The molecule has 0 atom stereocenters. The molecule has 0 aliphatic rings. The molecule has 0 saturated carbocycles. The maximum absolute atomic E-state index is 11.7. The van der Waals surface area contributed by atoms with Gasteiger partial charge in [-0.2, -0.15) is 0 Å². The van der Waals surface area contributed by atoms with E-state index in [9.17, 15) is 13.0 Å². The quantitative estimate of drug-likeness (QED) is 0.222. The van der Waals surface area contributed by atoms with Gasteiger partial charge in [0, 0.05) is 19.3 Å². The fourth-order valence-corrected chi connectivity index (χ4v) is 3.62. The molecule has 0 aromatic heterocycles. The number of rotatable bonds is 16. The Balaban J connectivity index is 0.00000784. The molecule has 0 heterocycles. The second kappa shape index (κ2) is 16.4. The van der Waals surface area contributed by atoms with E-state index in [1.807, 2.05) is 0 Å². The van der Waals surface area contributed by atoms with E-state index in [0.717, 1.165) is 32.1 Å². The summed E-state index contributed by atoms with van der Waals surface area (Å²) in [6, 6.07) is 2.91. The summed E-state index contributed by atoms with van der Waals surface area (Å²) in [5.41, 5.74) is 0.446. The van der Waals surface area contributed by atoms with Gasteiger partial charge in [-0.3, -0.25) is 0 Å². The molecule has 162 valence electrons. The average Bonchev–Trinajstić information content (AvgIpc) is 2.66. The Hall–Kier alpha value is -0.310. The Morgan fingerprint density at radius 2 is 1.52 bits per heavy atom. The monoisotopic (exact) mass is 438 g/mol. The number of ether oxygens (including phenoxy) is 3. The summed E-state index contributed by atoms with van der Waals surface area (Å²) >= 11 is 0. The van der Waals surface area contributed by atoms with Gasteiger partial charge in [0.25, 0.3) is 0 Å². The topological polar surface area (TPSA) is 84.9 Å². The molecule has 29 heavy (non-hydrogen) atoms. The fourth-order valence-electron chi connectivity index (χ4n) is 2.88. The van der Waals surface area contributed by atoms with E-state index in [1.54, 1.807) is 6.07 Å². The van der Waals surface area contributed by atoms with Crippen LogP contribution < -0.4 is 39.0 Å². The number of unbranched alkanes of at least 4 members (excludes halogenated alkanes) is 5. The summed E-state index contributed by atoms with van der Waals surface area (Å²) in [7, 11) is -3.09. The van der Waals surface area contributed by atoms with Gasteiger partial charge in [0.2, 0.25) is 0 Å². The summed E-state index contributed by atoms with van der Waals surface area (Å²) < 4.78 is 51.8. The standard InChI is InChI=1S/C21H36O6S.Na/c1-4-6-8-9-10-15-27-20-17-21(28(22,23)24)18(16-19(20)25-3)12-11-14-26-13-7-5-2;/h16-17H,4-15H2,1-3H3,(H,22,23,24);/q;+1/p-1. The zero-order valence-corrected chi connectivity index (χ0v) is 21.3. The van der Waals surface area contributed by atoms with Gasteiger partial charge in [0.1, 0.15) is 10.1 Å². The van der Waals surface area contributed by atoms with Crippen molar-refractivity contribution < 1.29 is 56.7 Å². The third-order valence-corrected chi connectivity index (χ3v) is 5.42. The summed E-state index contributed by atoms with van der Waals surface area (Å²) in [6.07, 6.45) is 8.57. The molecular weight excluding hydrogens is 403 g/mol. The molecule has 6 nitrogen and oxygen atoms in total. The number of methoxy groups -OCH3 is 1. The molecule has 0 bridgehead atoms. The van der Waals surface area contributed by atoms with Crippen LogP contribution in [0.1, 0.15) is 70.8 Å². The van der Waals surface area contributed by atoms with Crippen molar-refractivity contribution in [3.05, 3.63) is 17.7 Å². The minimum Gasteiger partial charge on any atom is -0.744 e. The first-order valence-electron chi connectivity index (χ1n) is 10.3. The molecule has 8 heteroatoms. The third-order valence-electron chi connectivity index (χ3n) is 4.50. The molecule has 0 unspecified atom stereocenters. The van der Waals surface area contributed by atoms with Crippen molar-refractivity contribution in [2.75, 3.05) is 26.9 Å². The van der Waals surface area contributed by atoms with Gasteiger partial charge in [0.05, 0.1) is 18.6 Å². The van der Waals surface area contributed by atoms with Crippen molar-refractivity contribution in [1.29, 1.82) is 0 Å². The summed E-state index contributed by atoms with van der Waals surface area (Å²) in [6.45, 7) is 5.93. The molecule has 0 spiro atoms. The molecule has 0 fully saturated rings.